The summed E-state index contributed by atoms with van der Waals surface area (Å²) < 4.78 is 0. The Balaban J connectivity index is 2.03. The van der Waals surface area contributed by atoms with Gasteiger partial charge in [-0.05, 0) is 37.4 Å². The predicted octanol–water partition coefficient (Wildman–Crippen LogP) is 1.98. The van der Waals surface area contributed by atoms with Crippen LogP contribution in [0.5, 0.6) is 0 Å². The Morgan fingerprint density at radius 3 is 2.68 bits per heavy atom. The molecule has 1 aliphatic rings. The number of hydrogen-bond donors (Lipinski definition) is 2. The van der Waals surface area contributed by atoms with Crippen molar-refractivity contribution in [1.82, 2.24) is 10.3 Å². The minimum absolute atomic E-state index is 0.00424. The number of aromatic amines is 1. The van der Waals surface area contributed by atoms with Gasteiger partial charge in [0.05, 0.1) is 0 Å². The van der Waals surface area contributed by atoms with E-state index in [2.05, 4.69) is 34.6 Å². The molecule has 0 saturated heterocycles. The van der Waals surface area contributed by atoms with Crippen LogP contribution in [-0.2, 0) is 18.4 Å². The van der Waals surface area contributed by atoms with Gasteiger partial charge in [0.1, 0.15) is 0 Å². The number of likely N-dealkylation sites (N-methyl/N-ethyl adjacent to an activating group) is 1. The Bertz CT molecular complexity index is 633. The zero-order chi connectivity index (χ0) is 13.3. The second-order valence-corrected chi connectivity index (χ2v) is 5.20. The number of aromatic nitrogens is 1. The topological polar surface area (TPSA) is 44.9 Å². The number of aryl methyl sites for hydroxylation is 1. The summed E-state index contributed by atoms with van der Waals surface area (Å²) in [5.74, 6) is 0. The normalized spacial score (nSPS) is 21.9. The van der Waals surface area contributed by atoms with Crippen LogP contribution >= 0.6 is 0 Å². The molecule has 0 fully saturated rings. The smallest absolute Gasteiger partial charge is 0.248 e. The van der Waals surface area contributed by atoms with E-state index in [0.717, 1.165) is 25.0 Å². The molecule has 1 atom stereocenters. The second-order valence-electron chi connectivity index (χ2n) is 5.20. The molecule has 1 heterocycles. The largest absolute Gasteiger partial charge is 0.326 e. The molecule has 0 amide bonds. The second kappa shape index (κ2) is 4.67. The van der Waals surface area contributed by atoms with Crippen molar-refractivity contribution in [2.24, 2.45) is 0 Å². The number of hydrogen-bond acceptors (Lipinski definition) is 2. The maximum atomic E-state index is 11.4. The predicted molar refractivity (Wildman–Crippen MR) is 76.3 cm³/mol. The molecule has 3 heteroatoms. The van der Waals surface area contributed by atoms with Crippen molar-refractivity contribution in [1.29, 1.82) is 0 Å². The van der Waals surface area contributed by atoms with E-state index < -0.39 is 0 Å². The van der Waals surface area contributed by atoms with Gasteiger partial charge in [0.25, 0.3) is 0 Å². The lowest BCUT2D eigenvalue weighted by Gasteiger charge is -2.38. The maximum Gasteiger partial charge on any atom is 0.248 e. The first-order chi connectivity index (χ1) is 9.23. The van der Waals surface area contributed by atoms with Crippen molar-refractivity contribution in [2.45, 2.75) is 24.8 Å². The lowest BCUT2D eigenvalue weighted by molar-refractivity contribution is 0.311. The molecule has 0 saturated carbocycles. The standard InChI is InChI=1S/C16H18N2O/c1-17-16(13-5-3-2-4-6-13)10-9-14-12(11-16)7-8-15(19)18-14/h2-8,17H,9-11H2,1H3,(H,18,19). The molecule has 0 spiro atoms. The molecule has 0 radical (unpaired) electrons. The number of pyridine rings is 1. The van der Waals surface area contributed by atoms with Gasteiger partial charge in [0.15, 0.2) is 0 Å². The van der Waals surface area contributed by atoms with E-state index in [1.54, 1.807) is 6.07 Å². The number of H-pyrrole nitrogens is 1. The van der Waals surface area contributed by atoms with Gasteiger partial charge in [-0.25, -0.2) is 0 Å². The highest BCUT2D eigenvalue weighted by Crippen LogP contribution is 2.35. The van der Waals surface area contributed by atoms with Gasteiger partial charge in [0, 0.05) is 17.3 Å². The van der Waals surface area contributed by atoms with Gasteiger partial charge in [0.2, 0.25) is 5.56 Å². The third kappa shape index (κ3) is 2.10. The summed E-state index contributed by atoms with van der Waals surface area (Å²) in [6.45, 7) is 0. The first-order valence-corrected chi connectivity index (χ1v) is 6.69. The van der Waals surface area contributed by atoms with Crippen molar-refractivity contribution >= 4 is 0 Å². The number of benzene rings is 1. The third-order valence-corrected chi connectivity index (χ3v) is 4.20. The highest BCUT2D eigenvalue weighted by Gasteiger charge is 2.34. The quantitative estimate of drug-likeness (QED) is 0.860. The highest BCUT2D eigenvalue weighted by atomic mass is 16.1. The lowest BCUT2D eigenvalue weighted by Crippen LogP contribution is -2.45. The van der Waals surface area contributed by atoms with Crippen LogP contribution in [0.25, 0.3) is 0 Å². The van der Waals surface area contributed by atoms with E-state index in [-0.39, 0.29) is 11.1 Å². The third-order valence-electron chi connectivity index (χ3n) is 4.20. The van der Waals surface area contributed by atoms with Crippen LogP contribution in [0.15, 0.2) is 47.3 Å². The lowest BCUT2D eigenvalue weighted by atomic mass is 9.75. The molecular weight excluding hydrogens is 236 g/mol. The summed E-state index contributed by atoms with van der Waals surface area (Å²) >= 11 is 0. The molecule has 2 N–H and O–H groups in total. The fourth-order valence-corrected chi connectivity index (χ4v) is 3.05. The van der Waals surface area contributed by atoms with E-state index in [0.29, 0.717) is 0 Å². The molecule has 0 aliphatic heterocycles. The Hall–Kier alpha value is -1.87. The molecule has 3 rings (SSSR count). The molecule has 1 unspecified atom stereocenters. The first-order valence-electron chi connectivity index (χ1n) is 6.69. The molecule has 98 valence electrons. The SMILES string of the molecule is CNC1(c2ccccc2)CCc2[nH]c(=O)ccc2C1. The van der Waals surface area contributed by atoms with Gasteiger partial charge >= 0.3 is 0 Å². The van der Waals surface area contributed by atoms with Crippen LogP contribution in [0.3, 0.4) is 0 Å². The van der Waals surface area contributed by atoms with Crippen LogP contribution in [0.2, 0.25) is 0 Å². The van der Waals surface area contributed by atoms with Crippen LogP contribution < -0.4 is 10.9 Å². The maximum absolute atomic E-state index is 11.4. The molecular formula is C16H18N2O. The van der Waals surface area contributed by atoms with Crippen LogP contribution in [0.4, 0.5) is 0 Å². The summed E-state index contributed by atoms with van der Waals surface area (Å²) in [6.07, 6.45) is 2.82. The Labute approximate surface area is 112 Å². The summed E-state index contributed by atoms with van der Waals surface area (Å²) in [6, 6.07) is 14.1. The Kier molecular flexibility index (Phi) is 2.99. The van der Waals surface area contributed by atoms with Gasteiger partial charge in [-0.1, -0.05) is 36.4 Å². The zero-order valence-electron chi connectivity index (χ0n) is 11.1. The molecule has 2 aromatic rings. The molecule has 1 aromatic carbocycles. The Morgan fingerprint density at radius 1 is 1.16 bits per heavy atom. The molecule has 3 nitrogen and oxygen atoms in total. The van der Waals surface area contributed by atoms with Gasteiger partial charge in [-0.2, -0.15) is 0 Å². The number of nitrogens with one attached hydrogen (secondary N) is 2. The average Bonchev–Trinajstić information content (AvgIpc) is 2.48. The highest BCUT2D eigenvalue weighted by molar-refractivity contribution is 5.33. The summed E-state index contributed by atoms with van der Waals surface area (Å²) in [5, 5.41) is 3.50. The number of rotatable bonds is 2. The minimum Gasteiger partial charge on any atom is -0.326 e. The molecule has 1 aliphatic carbocycles. The first kappa shape index (κ1) is 12.2. The van der Waals surface area contributed by atoms with Crippen molar-refractivity contribution in [3.05, 3.63) is 69.6 Å². The molecule has 1 aromatic heterocycles. The van der Waals surface area contributed by atoms with Crippen LogP contribution in [0.1, 0.15) is 23.2 Å². The minimum atomic E-state index is -0.0213. The van der Waals surface area contributed by atoms with E-state index in [1.807, 2.05) is 19.2 Å². The van der Waals surface area contributed by atoms with E-state index in [9.17, 15) is 4.79 Å². The Morgan fingerprint density at radius 2 is 1.95 bits per heavy atom. The summed E-state index contributed by atoms with van der Waals surface area (Å²) in [4.78, 5) is 14.3. The van der Waals surface area contributed by atoms with Crippen molar-refractivity contribution in [2.75, 3.05) is 7.05 Å². The molecule has 19 heavy (non-hydrogen) atoms. The molecule has 0 bridgehead atoms. The van der Waals surface area contributed by atoms with Crippen LogP contribution in [0, 0.1) is 0 Å². The van der Waals surface area contributed by atoms with E-state index in [1.165, 1.54) is 11.1 Å². The van der Waals surface area contributed by atoms with Crippen LogP contribution in [-0.4, -0.2) is 12.0 Å². The monoisotopic (exact) mass is 254 g/mol. The summed E-state index contributed by atoms with van der Waals surface area (Å²) in [7, 11) is 2.02. The van der Waals surface area contributed by atoms with E-state index >= 15 is 0 Å². The van der Waals surface area contributed by atoms with Crippen molar-refractivity contribution < 1.29 is 0 Å². The fourth-order valence-electron chi connectivity index (χ4n) is 3.05. The van der Waals surface area contributed by atoms with Gasteiger partial charge in [-0.3, -0.25) is 4.79 Å². The van der Waals surface area contributed by atoms with E-state index in [4.69, 9.17) is 0 Å². The fraction of sp³-hybridized carbons (Fsp3) is 0.312. The van der Waals surface area contributed by atoms with Crippen molar-refractivity contribution in [3.8, 4) is 0 Å². The zero-order valence-corrected chi connectivity index (χ0v) is 11.1. The number of fused-ring (bicyclic) bond motifs is 1. The summed E-state index contributed by atoms with van der Waals surface area (Å²) in [5.41, 5.74) is 3.62. The average molecular weight is 254 g/mol. The van der Waals surface area contributed by atoms with Gasteiger partial charge in [-0.15, -0.1) is 0 Å². The van der Waals surface area contributed by atoms with Crippen molar-refractivity contribution in [3.63, 3.8) is 0 Å². The van der Waals surface area contributed by atoms with Gasteiger partial charge < -0.3 is 10.3 Å².